The number of ether oxygens (including phenoxy) is 1. The Morgan fingerprint density at radius 2 is 2.21 bits per heavy atom. The minimum absolute atomic E-state index is 0.209. The molecule has 0 spiro atoms. The Labute approximate surface area is 165 Å². The largest absolute Gasteiger partial charge is 0.442 e. The number of rotatable bonds is 5. The molecule has 0 unspecified atom stereocenters. The molecule has 2 amide bonds. The summed E-state index contributed by atoms with van der Waals surface area (Å²) in [6, 6.07) is 9.97. The maximum Gasteiger partial charge on any atom is 0.414 e. The van der Waals surface area contributed by atoms with Crippen molar-refractivity contribution in [3.63, 3.8) is 0 Å². The number of nitrogens with zero attached hydrogens (tertiary/aromatic N) is 4. The lowest BCUT2D eigenvalue weighted by atomic mass is 10.2. The highest BCUT2D eigenvalue weighted by atomic mass is 19.1. The molecule has 3 aromatic rings. The number of amides is 2. The third-order valence-corrected chi connectivity index (χ3v) is 4.49. The molecule has 0 aliphatic carbocycles. The number of halogens is 1. The summed E-state index contributed by atoms with van der Waals surface area (Å²) in [6.45, 7) is 1.82. The zero-order valence-corrected chi connectivity index (χ0v) is 15.6. The van der Waals surface area contributed by atoms with E-state index in [9.17, 15) is 14.0 Å². The first-order valence-electron chi connectivity index (χ1n) is 9.00. The Morgan fingerprint density at radius 1 is 1.34 bits per heavy atom. The summed E-state index contributed by atoms with van der Waals surface area (Å²) in [5.74, 6) is -0.740. The van der Waals surface area contributed by atoms with Crippen molar-refractivity contribution in [1.29, 1.82) is 0 Å². The molecular weight excluding hydrogens is 377 g/mol. The standard InChI is InChI=1S/C20H18FN5O3/c1-13(27)23-10-16-12-25(20(28)29-16)15-5-6-19(17(21)8-15)26-11-14(9-24-26)18-4-2-3-7-22-18/h2-9,11,16H,10,12H2,1H3,(H,23,27)/t16-/m0/s1. The van der Waals surface area contributed by atoms with Gasteiger partial charge in [-0.3, -0.25) is 14.7 Å². The second-order valence-electron chi connectivity index (χ2n) is 6.58. The number of hydrogen-bond donors (Lipinski definition) is 1. The Kier molecular flexibility index (Phi) is 4.94. The number of carbonyl (C=O) groups excluding carboxylic acids is 2. The number of carbonyl (C=O) groups is 2. The second kappa shape index (κ2) is 7.70. The second-order valence-corrected chi connectivity index (χ2v) is 6.58. The zero-order valence-electron chi connectivity index (χ0n) is 15.6. The summed E-state index contributed by atoms with van der Waals surface area (Å²) >= 11 is 0. The average molecular weight is 395 g/mol. The van der Waals surface area contributed by atoms with Gasteiger partial charge in [0.1, 0.15) is 11.8 Å². The lowest BCUT2D eigenvalue weighted by Crippen LogP contribution is -2.33. The van der Waals surface area contributed by atoms with E-state index in [-0.39, 0.29) is 24.7 Å². The van der Waals surface area contributed by atoms with Gasteiger partial charge < -0.3 is 10.1 Å². The van der Waals surface area contributed by atoms with Crippen LogP contribution in [0.25, 0.3) is 16.9 Å². The summed E-state index contributed by atoms with van der Waals surface area (Å²) < 4.78 is 21.4. The van der Waals surface area contributed by atoms with Gasteiger partial charge in [0.05, 0.1) is 30.7 Å². The average Bonchev–Trinajstić information content (AvgIpc) is 3.34. The van der Waals surface area contributed by atoms with Gasteiger partial charge in [-0.25, -0.2) is 13.9 Å². The van der Waals surface area contributed by atoms with Crippen molar-refractivity contribution in [2.45, 2.75) is 13.0 Å². The Morgan fingerprint density at radius 3 is 2.93 bits per heavy atom. The molecule has 4 rings (SSSR count). The molecule has 1 atom stereocenters. The van der Waals surface area contributed by atoms with E-state index >= 15 is 0 Å². The molecular formula is C20H18FN5O3. The van der Waals surface area contributed by atoms with Crippen molar-refractivity contribution in [2.75, 3.05) is 18.0 Å². The fourth-order valence-electron chi connectivity index (χ4n) is 3.07. The van der Waals surface area contributed by atoms with E-state index in [0.29, 0.717) is 5.69 Å². The third kappa shape index (κ3) is 3.93. The predicted octanol–water partition coefficient (Wildman–Crippen LogP) is 2.53. The summed E-state index contributed by atoms with van der Waals surface area (Å²) in [4.78, 5) is 28.7. The molecule has 29 heavy (non-hydrogen) atoms. The molecule has 1 fully saturated rings. The first-order chi connectivity index (χ1) is 14.0. The van der Waals surface area contributed by atoms with Crippen LogP contribution in [0.15, 0.2) is 55.0 Å². The highest BCUT2D eigenvalue weighted by Crippen LogP contribution is 2.26. The van der Waals surface area contributed by atoms with Crippen LogP contribution in [0.5, 0.6) is 0 Å². The summed E-state index contributed by atoms with van der Waals surface area (Å²) in [6.07, 6.45) is 3.91. The van der Waals surface area contributed by atoms with Gasteiger partial charge in [0.2, 0.25) is 5.91 Å². The molecule has 1 aromatic carbocycles. The Balaban J connectivity index is 1.52. The number of nitrogens with one attached hydrogen (secondary N) is 1. The van der Waals surface area contributed by atoms with Crippen LogP contribution in [0.2, 0.25) is 0 Å². The molecule has 1 aliphatic rings. The zero-order chi connectivity index (χ0) is 20.4. The van der Waals surface area contributed by atoms with Gasteiger partial charge in [0, 0.05) is 24.9 Å². The van der Waals surface area contributed by atoms with Crippen LogP contribution in [-0.4, -0.2) is 46.0 Å². The fourth-order valence-corrected chi connectivity index (χ4v) is 3.07. The molecule has 0 radical (unpaired) electrons. The number of pyridine rings is 1. The van der Waals surface area contributed by atoms with Crippen LogP contribution in [0.1, 0.15) is 6.92 Å². The minimum atomic E-state index is -0.580. The van der Waals surface area contributed by atoms with Crippen LogP contribution in [0.3, 0.4) is 0 Å². The number of hydrogen-bond acceptors (Lipinski definition) is 5. The quantitative estimate of drug-likeness (QED) is 0.717. The predicted molar refractivity (Wildman–Crippen MR) is 103 cm³/mol. The van der Waals surface area contributed by atoms with E-state index in [0.717, 1.165) is 11.3 Å². The maximum absolute atomic E-state index is 14.8. The van der Waals surface area contributed by atoms with Crippen molar-refractivity contribution >= 4 is 17.7 Å². The van der Waals surface area contributed by atoms with Crippen LogP contribution in [-0.2, 0) is 9.53 Å². The van der Waals surface area contributed by atoms with Gasteiger partial charge in [0.25, 0.3) is 0 Å². The monoisotopic (exact) mass is 395 g/mol. The molecule has 2 aromatic heterocycles. The molecule has 8 nitrogen and oxygen atoms in total. The van der Waals surface area contributed by atoms with Crippen molar-refractivity contribution in [3.05, 3.63) is 60.8 Å². The molecule has 0 saturated carbocycles. The molecule has 1 saturated heterocycles. The van der Waals surface area contributed by atoms with E-state index in [2.05, 4.69) is 15.4 Å². The van der Waals surface area contributed by atoms with Crippen LogP contribution in [0, 0.1) is 5.82 Å². The number of anilines is 1. The van der Waals surface area contributed by atoms with E-state index in [1.165, 1.54) is 22.6 Å². The van der Waals surface area contributed by atoms with Crippen LogP contribution >= 0.6 is 0 Å². The van der Waals surface area contributed by atoms with Gasteiger partial charge in [-0.05, 0) is 30.3 Å². The van der Waals surface area contributed by atoms with Gasteiger partial charge in [0.15, 0.2) is 5.82 Å². The number of aromatic nitrogens is 3. The lowest BCUT2D eigenvalue weighted by Gasteiger charge is -2.14. The molecule has 148 valence electrons. The topological polar surface area (TPSA) is 89.4 Å². The van der Waals surface area contributed by atoms with E-state index < -0.39 is 18.0 Å². The molecule has 1 N–H and O–H groups in total. The fraction of sp³-hybridized carbons (Fsp3) is 0.200. The van der Waals surface area contributed by atoms with Gasteiger partial charge in [-0.15, -0.1) is 0 Å². The van der Waals surface area contributed by atoms with E-state index in [1.54, 1.807) is 30.7 Å². The van der Waals surface area contributed by atoms with E-state index in [4.69, 9.17) is 4.74 Å². The SMILES string of the molecule is CC(=O)NC[C@H]1CN(c2ccc(-n3cc(-c4ccccn4)cn3)c(F)c2)C(=O)O1. The van der Waals surface area contributed by atoms with Gasteiger partial charge in [-0.1, -0.05) is 6.07 Å². The summed E-state index contributed by atoms with van der Waals surface area (Å²) in [7, 11) is 0. The summed E-state index contributed by atoms with van der Waals surface area (Å²) in [5.41, 5.74) is 2.12. The first kappa shape index (κ1) is 18.6. The van der Waals surface area contributed by atoms with Crippen molar-refractivity contribution in [3.8, 4) is 16.9 Å². The molecule has 9 heteroatoms. The van der Waals surface area contributed by atoms with Crippen molar-refractivity contribution < 1.29 is 18.7 Å². The highest BCUT2D eigenvalue weighted by molar-refractivity contribution is 5.90. The summed E-state index contributed by atoms with van der Waals surface area (Å²) in [5, 5.41) is 6.81. The lowest BCUT2D eigenvalue weighted by molar-refractivity contribution is -0.119. The maximum atomic E-state index is 14.8. The third-order valence-electron chi connectivity index (χ3n) is 4.49. The minimum Gasteiger partial charge on any atom is -0.442 e. The normalized spacial score (nSPS) is 16.0. The number of benzene rings is 1. The van der Waals surface area contributed by atoms with Crippen LogP contribution < -0.4 is 10.2 Å². The molecule has 1 aliphatic heterocycles. The molecule has 0 bridgehead atoms. The highest BCUT2D eigenvalue weighted by Gasteiger charge is 2.32. The molecule has 3 heterocycles. The van der Waals surface area contributed by atoms with E-state index in [1.807, 2.05) is 18.2 Å². The van der Waals surface area contributed by atoms with Crippen LogP contribution in [0.4, 0.5) is 14.9 Å². The Hall–Kier alpha value is -3.75. The first-order valence-corrected chi connectivity index (χ1v) is 9.00. The van der Waals surface area contributed by atoms with Crippen molar-refractivity contribution in [1.82, 2.24) is 20.1 Å². The van der Waals surface area contributed by atoms with Gasteiger partial charge in [-0.2, -0.15) is 5.10 Å². The Bertz CT molecular complexity index is 1050. The van der Waals surface area contributed by atoms with Crippen molar-refractivity contribution in [2.24, 2.45) is 0 Å². The smallest absolute Gasteiger partial charge is 0.414 e. The number of cyclic esters (lactones) is 1. The van der Waals surface area contributed by atoms with Gasteiger partial charge >= 0.3 is 6.09 Å².